The highest BCUT2D eigenvalue weighted by Gasteiger charge is 2.21. The van der Waals surface area contributed by atoms with E-state index in [0.717, 1.165) is 19.4 Å². The fourth-order valence-electron chi connectivity index (χ4n) is 2.46. The summed E-state index contributed by atoms with van der Waals surface area (Å²) in [5.74, 6) is -0.264. The molecule has 7 nitrogen and oxygen atoms in total. The molecule has 1 aromatic rings. The third kappa shape index (κ3) is 4.29. The first-order chi connectivity index (χ1) is 10.1. The summed E-state index contributed by atoms with van der Waals surface area (Å²) in [5.41, 5.74) is 0. The fourth-order valence-corrected chi connectivity index (χ4v) is 2.46. The van der Waals surface area contributed by atoms with Crippen molar-refractivity contribution < 1.29 is 9.59 Å². The second kappa shape index (κ2) is 7.21. The van der Waals surface area contributed by atoms with Crippen molar-refractivity contribution in [3.8, 4) is 0 Å². The van der Waals surface area contributed by atoms with E-state index >= 15 is 0 Å². The van der Waals surface area contributed by atoms with Crippen LogP contribution >= 0.6 is 0 Å². The SMILES string of the molecule is CC(C(=O)N(C)CC(=O)NCC1CCCN1)n1cccn1. The number of hydrogen-bond donors (Lipinski definition) is 2. The van der Waals surface area contributed by atoms with Crippen LogP contribution in [0, 0.1) is 0 Å². The summed E-state index contributed by atoms with van der Waals surface area (Å²) < 4.78 is 1.58. The first-order valence-corrected chi connectivity index (χ1v) is 7.32. The highest BCUT2D eigenvalue weighted by Crippen LogP contribution is 2.07. The zero-order valence-corrected chi connectivity index (χ0v) is 12.6. The molecule has 21 heavy (non-hydrogen) atoms. The van der Waals surface area contributed by atoms with Crippen LogP contribution in [0.3, 0.4) is 0 Å². The Hall–Kier alpha value is -1.89. The minimum atomic E-state index is -0.408. The van der Waals surface area contributed by atoms with Crippen molar-refractivity contribution in [3.05, 3.63) is 18.5 Å². The van der Waals surface area contributed by atoms with Gasteiger partial charge in [0, 0.05) is 32.0 Å². The summed E-state index contributed by atoms with van der Waals surface area (Å²) in [6.07, 6.45) is 5.61. The number of rotatable bonds is 6. The van der Waals surface area contributed by atoms with Gasteiger partial charge in [-0.15, -0.1) is 0 Å². The molecule has 0 bridgehead atoms. The Balaban J connectivity index is 1.75. The first kappa shape index (κ1) is 15.5. The molecule has 2 heterocycles. The van der Waals surface area contributed by atoms with Crippen LogP contribution in [0.2, 0.25) is 0 Å². The largest absolute Gasteiger partial charge is 0.353 e. The number of carbonyl (C=O) groups excluding carboxylic acids is 2. The lowest BCUT2D eigenvalue weighted by molar-refractivity contribution is -0.137. The average molecular weight is 293 g/mol. The number of aromatic nitrogens is 2. The van der Waals surface area contributed by atoms with Gasteiger partial charge in [0.05, 0.1) is 6.54 Å². The molecule has 2 N–H and O–H groups in total. The normalized spacial score (nSPS) is 19.2. The zero-order chi connectivity index (χ0) is 15.2. The van der Waals surface area contributed by atoms with E-state index in [2.05, 4.69) is 15.7 Å². The van der Waals surface area contributed by atoms with Gasteiger partial charge in [-0.05, 0) is 32.4 Å². The maximum absolute atomic E-state index is 12.2. The summed E-state index contributed by atoms with van der Waals surface area (Å²) in [6.45, 7) is 3.47. The van der Waals surface area contributed by atoms with Gasteiger partial charge in [-0.25, -0.2) is 0 Å². The quantitative estimate of drug-likeness (QED) is 0.759. The monoisotopic (exact) mass is 293 g/mol. The summed E-state index contributed by atoms with van der Waals surface area (Å²) in [6, 6.07) is 1.72. The third-order valence-corrected chi connectivity index (χ3v) is 3.74. The maximum Gasteiger partial charge on any atom is 0.247 e. The lowest BCUT2D eigenvalue weighted by Crippen LogP contribution is -2.44. The summed E-state index contributed by atoms with van der Waals surface area (Å²) >= 11 is 0. The van der Waals surface area contributed by atoms with Gasteiger partial charge in [0.1, 0.15) is 6.04 Å². The molecule has 2 atom stereocenters. The third-order valence-electron chi connectivity index (χ3n) is 3.74. The molecule has 1 saturated heterocycles. The molecule has 0 saturated carbocycles. The number of hydrogen-bond acceptors (Lipinski definition) is 4. The highest BCUT2D eigenvalue weighted by molar-refractivity contribution is 5.86. The van der Waals surface area contributed by atoms with E-state index in [9.17, 15) is 9.59 Å². The summed E-state index contributed by atoms with van der Waals surface area (Å²) in [5, 5.41) is 10.2. The molecule has 1 aliphatic rings. The van der Waals surface area contributed by atoms with Gasteiger partial charge in [-0.1, -0.05) is 0 Å². The van der Waals surface area contributed by atoms with Crippen LogP contribution in [-0.4, -0.2) is 59.2 Å². The van der Waals surface area contributed by atoms with E-state index in [-0.39, 0.29) is 18.4 Å². The summed E-state index contributed by atoms with van der Waals surface area (Å²) in [7, 11) is 1.63. The van der Waals surface area contributed by atoms with Gasteiger partial charge in [0.15, 0.2) is 0 Å². The van der Waals surface area contributed by atoms with Crippen LogP contribution in [0.5, 0.6) is 0 Å². The molecule has 1 fully saturated rings. The zero-order valence-electron chi connectivity index (χ0n) is 12.6. The number of carbonyl (C=O) groups is 2. The van der Waals surface area contributed by atoms with E-state index < -0.39 is 6.04 Å². The predicted octanol–water partition coefficient (Wildman–Crippen LogP) is -0.229. The van der Waals surface area contributed by atoms with Crippen molar-refractivity contribution in [3.63, 3.8) is 0 Å². The lowest BCUT2D eigenvalue weighted by Gasteiger charge is -2.21. The number of nitrogens with one attached hydrogen (secondary N) is 2. The molecular formula is C14H23N5O2. The molecule has 116 valence electrons. The van der Waals surface area contributed by atoms with Crippen LogP contribution in [0.15, 0.2) is 18.5 Å². The minimum Gasteiger partial charge on any atom is -0.353 e. The van der Waals surface area contributed by atoms with Crippen LogP contribution in [0.25, 0.3) is 0 Å². The van der Waals surface area contributed by atoms with Gasteiger partial charge < -0.3 is 15.5 Å². The van der Waals surface area contributed by atoms with E-state index in [4.69, 9.17) is 0 Å². The van der Waals surface area contributed by atoms with E-state index in [1.54, 1.807) is 37.1 Å². The van der Waals surface area contributed by atoms with Gasteiger partial charge in [-0.3, -0.25) is 14.3 Å². The van der Waals surface area contributed by atoms with Crippen LogP contribution in [0.1, 0.15) is 25.8 Å². The van der Waals surface area contributed by atoms with Crippen LogP contribution in [0.4, 0.5) is 0 Å². The van der Waals surface area contributed by atoms with Crippen LogP contribution in [-0.2, 0) is 9.59 Å². The smallest absolute Gasteiger partial charge is 0.247 e. The average Bonchev–Trinajstić information content (AvgIpc) is 3.16. The van der Waals surface area contributed by atoms with Crippen molar-refractivity contribution in [2.45, 2.75) is 31.8 Å². The Kier molecular flexibility index (Phi) is 5.32. The van der Waals surface area contributed by atoms with Crippen molar-refractivity contribution in [2.75, 3.05) is 26.7 Å². The topological polar surface area (TPSA) is 79.3 Å². The van der Waals surface area contributed by atoms with Gasteiger partial charge in [0.25, 0.3) is 0 Å². The minimum absolute atomic E-state index is 0.0666. The van der Waals surface area contributed by atoms with Crippen molar-refractivity contribution in [1.29, 1.82) is 0 Å². The molecule has 7 heteroatoms. The highest BCUT2D eigenvalue weighted by atomic mass is 16.2. The number of amides is 2. The van der Waals surface area contributed by atoms with Crippen molar-refractivity contribution in [2.24, 2.45) is 0 Å². The second-order valence-electron chi connectivity index (χ2n) is 5.45. The Morgan fingerprint density at radius 2 is 2.38 bits per heavy atom. The Morgan fingerprint density at radius 1 is 1.57 bits per heavy atom. The standard InChI is InChI=1S/C14H23N5O2/c1-11(19-8-4-7-17-19)14(21)18(2)10-13(20)16-9-12-5-3-6-15-12/h4,7-8,11-12,15H,3,5-6,9-10H2,1-2H3,(H,16,20). The number of likely N-dealkylation sites (N-methyl/N-ethyl adjacent to an activating group) is 1. The molecular weight excluding hydrogens is 270 g/mol. The Labute approximate surface area is 124 Å². The fraction of sp³-hybridized carbons (Fsp3) is 0.643. The summed E-state index contributed by atoms with van der Waals surface area (Å²) in [4.78, 5) is 25.5. The Bertz CT molecular complexity index is 468. The van der Waals surface area contributed by atoms with Gasteiger partial charge in [-0.2, -0.15) is 5.10 Å². The predicted molar refractivity (Wildman–Crippen MR) is 78.6 cm³/mol. The molecule has 2 unspecified atom stereocenters. The van der Waals surface area contributed by atoms with Crippen molar-refractivity contribution >= 4 is 11.8 Å². The van der Waals surface area contributed by atoms with E-state index in [1.165, 1.54) is 4.90 Å². The molecule has 0 aromatic carbocycles. The maximum atomic E-state index is 12.2. The first-order valence-electron chi connectivity index (χ1n) is 7.32. The molecule has 1 aliphatic heterocycles. The molecule has 0 aliphatic carbocycles. The Morgan fingerprint density at radius 3 is 3.00 bits per heavy atom. The molecule has 1 aromatic heterocycles. The number of nitrogens with zero attached hydrogens (tertiary/aromatic N) is 3. The van der Waals surface area contributed by atoms with Crippen molar-refractivity contribution in [1.82, 2.24) is 25.3 Å². The van der Waals surface area contributed by atoms with E-state index in [1.807, 2.05) is 0 Å². The molecule has 0 spiro atoms. The molecule has 2 rings (SSSR count). The van der Waals surface area contributed by atoms with Crippen LogP contribution < -0.4 is 10.6 Å². The lowest BCUT2D eigenvalue weighted by atomic mass is 10.2. The van der Waals surface area contributed by atoms with E-state index in [0.29, 0.717) is 12.6 Å². The molecule has 2 amide bonds. The van der Waals surface area contributed by atoms with Gasteiger partial charge in [0.2, 0.25) is 11.8 Å². The van der Waals surface area contributed by atoms with Gasteiger partial charge >= 0.3 is 0 Å². The molecule has 0 radical (unpaired) electrons. The second-order valence-corrected chi connectivity index (χ2v) is 5.45.